The highest BCUT2D eigenvalue weighted by molar-refractivity contribution is 6.51. The molecule has 0 spiro atoms. The van der Waals surface area contributed by atoms with Crippen LogP contribution in [0.15, 0.2) is 12.1 Å². The van der Waals surface area contributed by atoms with E-state index in [4.69, 9.17) is 14.0 Å². The number of ether oxygens (including phenoxy) is 1. The second-order valence-corrected chi connectivity index (χ2v) is 5.93. The molecule has 4 nitrogen and oxygen atoms in total. The lowest BCUT2D eigenvalue weighted by molar-refractivity contribution is -0.110. The summed E-state index contributed by atoms with van der Waals surface area (Å²) in [4.78, 5) is 10.3. The molecule has 0 saturated carbocycles. The zero-order valence-electron chi connectivity index (χ0n) is 12.6. The summed E-state index contributed by atoms with van der Waals surface area (Å²) in [5, 5.41) is 0. The minimum atomic E-state index is -0.295. The van der Waals surface area contributed by atoms with Crippen molar-refractivity contribution in [3.8, 4) is 0 Å². The van der Waals surface area contributed by atoms with E-state index in [0.29, 0.717) is 13.0 Å². The molecule has 1 heterocycles. The van der Waals surface area contributed by atoms with Gasteiger partial charge in [-0.1, -0.05) is 12.1 Å². The monoisotopic (exact) mass is 268 g/mol. The highest BCUT2D eigenvalue weighted by atomic mass is 16.7. The molecule has 1 aliphatic rings. The SMILES string of the molecule is CC(CC=O)OCC/C=C/B1OC(C)(C)C(C)(C)O1. The molecule has 1 saturated heterocycles. The molecule has 1 atom stereocenters. The average Bonchev–Trinajstić information content (AvgIpc) is 2.47. The normalized spacial score (nSPS) is 22.9. The van der Waals surface area contributed by atoms with Gasteiger partial charge in [0.15, 0.2) is 0 Å². The second-order valence-electron chi connectivity index (χ2n) is 5.93. The zero-order valence-corrected chi connectivity index (χ0v) is 12.6. The molecule has 1 rings (SSSR count). The topological polar surface area (TPSA) is 44.8 Å². The third-order valence-electron chi connectivity index (χ3n) is 3.68. The first-order valence-corrected chi connectivity index (χ1v) is 6.86. The Bertz CT molecular complexity index is 309. The van der Waals surface area contributed by atoms with Crippen LogP contribution in [-0.4, -0.2) is 37.3 Å². The molecule has 108 valence electrons. The first kappa shape index (κ1) is 16.4. The van der Waals surface area contributed by atoms with Crippen molar-refractivity contribution in [3.05, 3.63) is 12.1 Å². The third kappa shape index (κ3) is 4.75. The Kier molecular flexibility index (Phi) is 5.77. The van der Waals surface area contributed by atoms with E-state index < -0.39 is 0 Å². The Hall–Kier alpha value is -0.645. The summed E-state index contributed by atoms with van der Waals surface area (Å²) in [5.41, 5.74) is -0.589. The fourth-order valence-electron chi connectivity index (χ4n) is 1.72. The van der Waals surface area contributed by atoms with Crippen LogP contribution in [-0.2, 0) is 18.8 Å². The first-order chi connectivity index (χ1) is 8.78. The van der Waals surface area contributed by atoms with E-state index in [1.807, 2.05) is 46.7 Å². The molecule has 0 aliphatic carbocycles. The van der Waals surface area contributed by atoms with Crippen LogP contribution in [0.4, 0.5) is 0 Å². The van der Waals surface area contributed by atoms with Crippen LogP contribution >= 0.6 is 0 Å². The summed E-state index contributed by atoms with van der Waals surface area (Å²) >= 11 is 0. The molecule has 0 bridgehead atoms. The van der Waals surface area contributed by atoms with Gasteiger partial charge in [-0.05, 0) is 41.0 Å². The number of rotatable bonds is 7. The number of hydrogen-bond donors (Lipinski definition) is 0. The summed E-state index contributed by atoms with van der Waals surface area (Å²) in [6.07, 6.45) is 4.09. The molecular weight excluding hydrogens is 243 g/mol. The van der Waals surface area contributed by atoms with Gasteiger partial charge in [-0.3, -0.25) is 0 Å². The maximum Gasteiger partial charge on any atom is 0.486 e. The number of carbonyl (C=O) groups excluding carboxylic acids is 1. The largest absolute Gasteiger partial charge is 0.486 e. The van der Waals surface area contributed by atoms with Crippen molar-refractivity contribution >= 4 is 13.4 Å². The van der Waals surface area contributed by atoms with Crippen LogP contribution in [0, 0.1) is 0 Å². The van der Waals surface area contributed by atoms with E-state index in [-0.39, 0.29) is 24.4 Å². The standard InChI is InChI=1S/C14H25BO4/c1-12(8-10-16)17-11-7-6-9-15-18-13(2,3)14(4,5)19-15/h6,9-10,12H,7-8,11H2,1-5H3/b9-6+. The highest BCUT2D eigenvalue weighted by Crippen LogP contribution is 2.36. The molecule has 0 aromatic heterocycles. The minimum absolute atomic E-state index is 0.0113. The van der Waals surface area contributed by atoms with Gasteiger partial charge in [0.1, 0.15) is 6.29 Å². The Morgan fingerprint density at radius 3 is 2.32 bits per heavy atom. The van der Waals surface area contributed by atoms with Crippen LogP contribution in [0.1, 0.15) is 47.5 Å². The van der Waals surface area contributed by atoms with E-state index in [0.717, 1.165) is 12.7 Å². The third-order valence-corrected chi connectivity index (χ3v) is 3.68. The summed E-state index contributed by atoms with van der Waals surface area (Å²) in [6.45, 7) is 10.6. The summed E-state index contributed by atoms with van der Waals surface area (Å²) in [7, 11) is -0.294. The number of hydrogen-bond acceptors (Lipinski definition) is 4. The molecule has 19 heavy (non-hydrogen) atoms. The van der Waals surface area contributed by atoms with E-state index >= 15 is 0 Å². The van der Waals surface area contributed by atoms with Gasteiger partial charge in [-0.15, -0.1) is 0 Å². The summed E-state index contributed by atoms with van der Waals surface area (Å²) < 4.78 is 17.1. The average molecular weight is 268 g/mol. The van der Waals surface area contributed by atoms with E-state index in [1.54, 1.807) is 0 Å². The minimum Gasteiger partial charge on any atom is -0.400 e. The Labute approximate surface area is 116 Å². The van der Waals surface area contributed by atoms with Crippen molar-refractivity contribution in [2.24, 2.45) is 0 Å². The van der Waals surface area contributed by atoms with Gasteiger partial charge in [-0.25, -0.2) is 0 Å². The maximum absolute atomic E-state index is 10.3. The maximum atomic E-state index is 10.3. The van der Waals surface area contributed by atoms with Gasteiger partial charge in [0.05, 0.1) is 23.9 Å². The molecule has 0 N–H and O–H groups in total. The molecule has 0 radical (unpaired) electrons. The van der Waals surface area contributed by atoms with Crippen LogP contribution in [0.25, 0.3) is 0 Å². The van der Waals surface area contributed by atoms with Gasteiger partial charge >= 0.3 is 7.12 Å². The molecule has 0 amide bonds. The van der Waals surface area contributed by atoms with Gasteiger partial charge in [-0.2, -0.15) is 0 Å². The molecule has 1 fully saturated rings. The lowest BCUT2D eigenvalue weighted by Gasteiger charge is -2.32. The summed E-state index contributed by atoms with van der Waals surface area (Å²) in [5.74, 6) is 1.92. The molecule has 5 heteroatoms. The van der Waals surface area contributed by atoms with Crippen LogP contribution in [0.5, 0.6) is 0 Å². The van der Waals surface area contributed by atoms with Crippen molar-refractivity contribution in [1.29, 1.82) is 0 Å². The second kappa shape index (κ2) is 6.68. The van der Waals surface area contributed by atoms with Crippen molar-refractivity contribution in [1.82, 2.24) is 0 Å². The lowest BCUT2D eigenvalue weighted by atomic mass is 9.90. The highest BCUT2D eigenvalue weighted by Gasteiger charge is 2.49. The van der Waals surface area contributed by atoms with Crippen molar-refractivity contribution in [2.75, 3.05) is 6.61 Å². The zero-order chi connectivity index (χ0) is 14.5. The lowest BCUT2D eigenvalue weighted by Crippen LogP contribution is -2.41. The fourth-order valence-corrected chi connectivity index (χ4v) is 1.72. The number of aldehydes is 1. The Balaban J connectivity index is 2.26. The molecule has 0 aromatic rings. The van der Waals surface area contributed by atoms with Gasteiger partial charge in [0, 0.05) is 6.42 Å². The predicted molar refractivity (Wildman–Crippen MR) is 75.9 cm³/mol. The quantitative estimate of drug-likeness (QED) is 0.404. The first-order valence-electron chi connectivity index (χ1n) is 6.86. The summed E-state index contributed by atoms with van der Waals surface area (Å²) in [6, 6.07) is 0. The molecular formula is C14H25BO4. The van der Waals surface area contributed by atoms with Crippen molar-refractivity contribution in [2.45, 2.75) is 64.8 Å². The molecule has 1 aliphatic heterocycles. The smallest absolute Gasteiger partial charge is 0.400 e. The van der Waals surface area contributed by atoms with Crippen molar-refractivity contribution < 1.29 is 18.8 Å². The molecule has 1 unspecified atom stereocenters. The van der Waals surface area contributed by atoms with Gasteiger partial charge in [0.2, 0.25) is 0 Å². The van der Waals surface area contributed by atoms with Gasteiger partial charge < -0.3 is 18.8 Å². The van der Waals surface area contributed by atoms with E-state index in [9.17, 15) is 4.79 Å². The predicted octanol–water partition coefficient (Wildman–Crippen LogP) is 2.56. The van der Waals surface area contributed by atoms with Gasteiger partial charge in [0.25, 0.3) is 0 Å². The Morgan fingerprint density at radius 2 is 1.79 bits per heavy atom. The van der Waals surface area contributed by atoms with Crippen LogP contribution < -0.4 is 0 Å². The van der Waals surface area contributed by atoms with E-state index in [2.05, 4.69) is 0 Å². The van der Waals surface area contributed by atoms with Crippen molar-refractivity contribution in [3.63, 3.8) is 0 Å². The van der Waals surface area contributed by atoms with Crippen LogP contribution in [0.2, 0.25) is 0 Å². The Morgan fingerprint density at radius 1 is 1.21 bits per heavy atom. The molecule has 0 aromatic carbocycles. The fraction of sp³-hybridized carbons (Fsp3) is 0.786. The number of carbonyl (C=O) groups is 1. The van der Waals surface area contributed by atoms with E-state index in [1.165, 1.54) is 0 Å². The van der Waals surface area contributed by atoms with Crippen LogP contribution in [0.3, 0.4) is 0 Å².